The minimum absolute atomic E-state index is 0.00380. The smallest absolute Gasteiger partial charge is 0.303 e. The van der Waals surface area contributed by atoms with E-state index >= 15 is 0 Å². The zero-order chi connectivity index (χ0) is 17.4. The molecule has 0 amide bonds. The van der Waals surface area contributed by atoms with Crippen molar-refractivity contribution < 1.29 is 28.5 Å². The summed E-state index contributed by atoms with van der Waals surface area (Å²) < 4.78 is 21.5. The van der Waals surface area contributed by atoms with Crippen LogP contribution in [0.25, 0.3) is 0 Å². The van der Waals surface area contributed by atoms with Crippen LogP contribution in [0.4, 0.5) is 0 Å². The average molecular weight is 334 g/mol. The van der Waals surface area contributed by atoms with Crippen LogP contribution in [0.15, 0.2) is 42.5 Å². The van der Waals surface area contributed by atoms with Crippen LogP contribution < -0.4 is 0 Å². The summed E-state index contributed by atoms with van der Waals surface area (Å²) in [5, 5.41) is 0. The summed E-state index contributed by atoms with van der Waals surface area (Å²) in [4.78, 5) is 22.1. The van der Waals surface area contributed by atoms with Gasteiger partial charge in [-0.05, 0) is 24.1 Å². The highest BCUT2D eigenvalue weighted by atomic mass is 16.7. The van der Waals surface area contributed by atoms with Crippen LogP contribution in [0.3, 0.4) is 0 Å². The maximum Gasteiger partial charge on any atom is 0.303 e. The molecule has 0 N–H and O–H groups in total. The Morgan fingerprint density at radius 1 is 1.08 bits per heavy atom. The Balaban J connectivity index is 1.86. The van der Waals surface area contributed by atoms with Gasteiger partial charge in [0.1, 0.15) is 18.8 Å². The molecule has 0 aromatic heterocycles. The molecule has 0 saturated heterocycles. The molecule has 0 aliphatic carbocycles. The summed E-state index contributed by atoms with van der Waals surface area (Å²) in [6.45, 7) is 3.11. The molecule has 0 bridgehead atoms. The number of carbonyl (C=O) groups excluding carboxylic acids is 2. The highest BCUT2D eigenvalue weighted by Crippen LogP contribution is 2.18. The lowest BCUT2D eigenvalue weighted by atomic mass is 10.1. The van der Waals surface area contributed by atoms with Crippen molar-refractivity contribution in [1.82, 2.24) is 0 Å². The third-order valence-corrected chi connectivity index (χ3v) is 3.40. The number of hydrogen-bond donors (Lipinski definition) is 0. The highest BCUT2D eigenvalue weighted by molar-refractivity contribution is 5.66. The number of hydrogen-bond acceptors (Lipinski definition) is 6. The lowest BCUT2D eigenvalue weighted by Gasteiger charge is -2.31. The summed E-state index contributed by atoms with van der Waals surface area (Å²) in [7, 11) is 0. The minimum atomic E-state index is -0.601. The van der Waals surface area contributed by atoms with E-state index in [-0.39, 0.29) is 6.61 Å². The average Bonchev–Trinajstić information content (AvgIpc) is 2.55. The molecule has 1 aliphatic heterocycles. The first-order valence-electron chi connectivity index (χ1n) is 7.84. The molecule has 1 aromatic carbocycles. The lowest BCUT2D eigenvalue weighted by Crippen LogP contribution is -2.42. The number of carbonyl (C=O) groups is 2. The Hall–Kier alpha value is -2.18. The van der Waals surface area contributed by atoms with Gasteiger partial charge in [0.15, 0.2) is 6.29 Å². The first-order chi connectivity index (χ1) is 11.5. The zero-order valence-electron chi connectivity index (χ0n) is 13.8. The SMILES string of the molecule is CC(=O)OC[C@H]1O[C@H](OCCc2ccccc2)C=C[C@@H]1OC(C)=O. The first-order valence-corrected chi connectivity index (χ1v) is 7.84. The fraction of sp³-hybridized carbons (Fsp3) is 0.444. The number of benzene rings is 1. The van der Waals surface area contributed by atoms with Crippen molar-refractivity contribution in [2.75, 3.05) is 13.2 Å². The Morgan fingerprint density at radius 2 is 1.83 bits per heavy atom. The van der Waals surface area contributed by atoms with Crippen LogP contribution >= 0.6 is 0 Å². The number of esters is 2. The van der Waals surface area contributed by atoms with E-state index in [1.165, 1.54) is 19.4 Å². The first kappa shape index (κ1) is 18.2. The van der Waals surface area contributed by atoms with Crippen molar-refractivity contribution in [2.24, 2.45) is 0 Å². The molecule has 6 heteroatoms. The molecule has 130 valence electrons. The molecule has 0 saturated carbocycles. The second-order valence-electron chi connectivity index (χ2n) is 5.41. The molecule has 1 heterocycles. The summed E-state index contributed by atoms with van der Waals surface area (Å²) in [6.07, 6.45) is 2.40. The molecule has 1 aromatic rings. The van der Waals surface area contributed by atoms with E-state index in [0.717, 1.165) is 6.42 Å². The molecule has 0 radical (unpaired) electrons. The minimum Gasteiger partial charge on any atom is -0.463 e. The van der Waals surface area contributed by atoms with Gasteiger partial charge in [-0.3, -0.25) is 9.59 Å². The molecule has 6 nitrogen and oxygen atoms in total. The molecule has 0 spiro atoms. The second-order valence-corrected chi connectivity index (χ2v) is 5.41. The van der Waals surface area contributed by atoms with Crippen molar-refractivity contribution in [3.05, 3.63) is 48.0 Å². The van der Waals surface area contributed by atoms with E-state index in [0.29, 0.717) is 6.61 Å². The van der Waals surface area contributed by atoms with Crippen molar-refractivity contribution in [3.8, 4) is 0 Å². The fourth-order valence-electron chi connectivity index (χ4n) is 2.29. The maximum atomic E-state index is 11.2. The molecule has 2 rings (SSSR count). The van der Waals surface area contributed by atoms with Gasteiger partial charge in [-0.1, -0.05) is 30.3 Å². The molecule has 24 heavy (non-hydrogen) atoms. The van der Waals surface area contributed by atoms with Crippen LogP contribution in [-0.4, -0.2) is 43.7 Å². The van der Waals surface area contributed by atoms with Gasteiger partial charge in [-0.25, -0.2) is 0 Å². The monoisotopic (exact) mass is 334 g/mol. The van der Waals surface area contributed by atoms with Gasteiger partial charge in [-0.2, -0.15) is 0 Å². The second kappa shape index (κ2) is 9.20. The topological polar surface area (TPSA) is 71.1 Å². The van der Waals surface area contributed by atoms with Gasteiger partial charge in [0.05, 0.1) is 6.61 Å². The Bertz CT molecular complexity index is 568. The largest absolute Gasteiger partial charge is 0.463 e. The molecular formula is C18H22O6. The maximum absolute atomic E-state index is 11.2. The predicted octanol–water partition coefficient (Wildman–Crippen LogP) is 2.02. The molecule has 1 aliphatic rings. The highest BCUT2D eigenvalue weighted by Gasteiger charge is 2.30. The lowest BCUT2D eigenvalue weighted by molar-refractivity contribution is -0.196. The van der Waals surface area contributed by atoms with E-state index in [1.807, 2.05) is 30.3 Å². The van der Waals surface area contributed by atoms with E-state index in [4.69, 9.17) is 18.9 Å². The van der Waals surface area contributed by atoms with Gasteiger partial charge < -0.3 is 18.9 Å². The van der Waals surface area contributed by atoms with E-state index in [2.05, 4.69) is 0 Å². The normalized spacial score (nSPS) is 22.8. The van der Waals surface area contributed by atoms with Gasteiger partial charge in [0.25, 0.3) is 0 Å². The molecule has 0 fully saturated rings. The van der Waals surface area contributed by atoms with Gasteiger partial charge in [0, 0.05) is 13.8 Å². The van der Waals surface area contributed by atoms with Crippen molar-refractivity contribution in [1.29, 1.82) is 0 Å². The van der Waals surface area contributed by atoms with Crippen LogP contribution in [-0.2, 0) is 35.0 Å². The van der Waals surface area contributed by atoms with Crippen molar-refractivity contribution in [3.63, 3.8) is 0 Å². The van der Waals surface area contributed by atoms with E-state index < -0.39 is 30.4 Å². The number of rotatable bonds is 7. The van der Waals surface area contributed by atoms with Crippen molar-refractivity contribution in [2.45, 2.75) is 38.8 Å². The van der Waals surface area contributed by atoms with Crippen LogP contribution in [0.2, 0.25) is 0 Å². The van der Waals surface area contributed by atoms with E-state index in [1.54, 1.807) is 12.2 Å². The number of ether oxygens (including phenoxy) is 4. The van der Waals surface area contributed by atoms with E-state index in [9.17, 15) is 9.59 Å². The third-order valence-electron chi connectivity index (χ3n) is 3.40. The van der Waals surface area contributed by atoms with Crippen LogP contribution in [0.5, 0.6) is 0 Å². The zero-order valence-corrected chi connectivity index (χ0v) is 13.8. The molecule has 0 unspecified atom stereocenters. The molecule has 3 atom stereocenters. The summed E-state index contributed by atoms with van der Waals surface area (Å²) in [5.74, 6) is -0.846. The Labute approximate surface area is 141 Å². The molecular weight excluding hydrogens is 312 g/mol. The van der Waals surface area contributed by atoms with Gasteiger partial charge >= 0.3 is 11.9 Å². The van der Waals surface area contributed by atoms with Crippen molar-refractivity contribution >= 4 is 11.9 Å². The van der Waals surface area contributed by atoms with Crippen LogP contribution in [0.1, 0.15) is 19.4 Å². The Kier molecular flexibility index (Phi) is 6.96. The summed E-state index contributed by atoms with van der Waals surface area (Å²) in [5.41, 5.74) is 1.17. The standard InChI is InChI=1S/C18H22O6/c1-13(19)22-12-17-16(23-14(2)20)8-9-18(24-17)21-11-10-15-6-4-3-5-7-15/h3-9,16-18H,10-12H2,1-2H3/t16-,17+,18-/m0/s1. The third kappa shape index (κ3) is 6.14. The summed E-state index contributed by atoms with van der Waals surface area (Å²) in [6, 6.07) is 9.98. The summed E-state index contributed by atoms with van der Waals surface area (Å²) >= 11 is 0. The Morgan fingerprint density at radius 3 is 2.50 bits per heavy atom. The van der Waals surface area contributed by atoms with Crippen LogP contribution in [0, 0.1) is 0 Å². The van der Waals surface area contributed by atoms with Gasteiger partial charge in [-0.15, -0.1) is 0 Å². The predicted molar refractivity (Wildman–Crippen MR) is 86.1 cm³/mol. The quantitative estimate of drug-likeness (QED) is 0.561. The fourth-order valence-corrected chi connectivity index (χ4v) is 2.29. The van der Waals surface area contributed by atoms with Gasteiger partial charge in [0.2, 0.25) is 0 Å².